The number of nitrogens with one attached hydrogen (secondary N) is 1. The van der Waals surface area contributed by atoms with Gasteiger partial charge in [-0.1, -0.05) is 6.07 Å². The Morgan fingerprint density at radius 2 is 1.64 bits per heavy atom. The quantitative estimate of drug-likeness (QED) is 0.627. The Hall–Kier alpha value is -2.84. The Kier molecular flexibility index (Phi) is 5.06. The first-order chi connectivity index (χ1) is 13.5. The Balaban J connectivity index is 1.59. The summed E-state index contributed by atoms with van der Waals surface area (Å²) >= 11 is 0. The fourth-order valence-corrected chi connectivity index (χ4v) is 4.20. The van der Waals surface area contributed by atoms with Gasteiger partial charge in [-0.3, -0.25) is 4.79 Å². The van der Waals surface area contributed by atoms with E-state index in [4.69, 9.17) is 8.83 Å². The average molecular weight is 400 g/mol. The molecule has 1 fully saturated rings. The summed E-state index contributed by atoms with van der Waals surface area (Å²) in [6, 6.07) is 13.1. The van der Waals surface area contributed by atoms with Gasteiger partial charge in [0.2, 0.25) is 10.0 Å². The molecular weight excluding hydrogens is 380 g/mol. The first-order valence-electron chi connectivity index (χ1n) is 8.98. The number of amides is 1. The fraction of sp³-hybridized carbons (Fsp3) is 0.250. The maximum absolute atomic E-state index is 13.1. The molecular formula is C20H20N2O5S. The number of sulfonamides is 1. The highest BCUT2D eigenvalue weighted by atomic mass is 32.2. The van der Waals surface area contributed by atoms with Crippen LogP contribution in [0.25, 0.3) is 0 Å². The number of carbonyl (C=O) groups excluding carboxylic acids is 1. The van der Waals surface area contributed by atoms with Crippen molar-refractivity contribution in [1.82, 2.24) is 9.62 Å². The predicted octanol–water partition coefficient (Wildman–Crippen LogP) is 3.16. The van der Waals surface area contributed by atoms with Gasteiger partial charge in [0.1, 0.15) is 11.5 Å². The van der Waals surface area contributed by atoms with E-state index in [0.717, 1.165) is 12.8 Å². The maximum atomic E-state index is 13.1. The molecule has 1 amide bonds. The molecule has 7 nitrogen and oxygen atoms in total. The second-order valence-corrected chi connectivity index (χ2v) is 8.46. The van der Waals surface area contributed by atoms with Gasteiger partial charge in [0.15, 0.2) is 0 Å². The summed E-state index contributed by atoms with van der Waals surface area (Å²) in [7, 11) is -3.64. The fourth-order valence-electron chi connectivity index (χ4n) is 2.85. The van der Waals surface area contributed by atoms with E-state index in [1.165, 1.54) is 12.1 Å². The molecule has 1 aliphatic carbocycles. The lowest BCUT2D eigenvalue weighted by molar-refractivity contribution is 0.0704. The number of nitrogens with zero attached hydrogens (tertiary/aromatic N) is 1. The van der Waals surface area contributed by atoms with E-state index in [2.05, 4.69) is 4.72 Å². The molecule has 0 bridgehead atoms. The molecule has 0 saturated heterocycles. The van der Waals surface area contributed by atoms with Gasteiger partial charge in [0.25, 0.3) is 5.91 Å². The zero-order chi connectivity index (χ0) is 19.6. The molecule has 0 radical (unpaired) electrons. The maximum Gasteiger partial charge on any atom is 0.254 e. The SMILES string of the molecule is O=C(c1cccc(S(=O)(=O)NC2CC2)c1)N(Cc1ccco1)Cc1ccco1. The molecule has 0 spiro atoms. The number of furan rings is 2. The van der Waals surface area contributed by atoms with Crippen LogP contribution >= 0.6 is 0 Å². The van der Waals surface area contributed by atoms with Gasteiger partial charge in [-0.25, -0.2) is 13.1 Å². The molecule has 8 heteroatoms. The van der Waals surface area contributed by atoms with E-state index in [-0.39, 0.29) is 35.5 Å². The van der Waals surface area contributed by atoms with Crippen LogP contribution in [-0.4, -0.2) is 25.3 Å². The molecule has 1 saturated carbocycles. The van der Waals surface area contributed by atoms with Crippen molar-refractivity contribution in [3.63, 3.8) is 0 Å². The Labute approximate surface area is 163 Å². The van der Waals surface area contributed by atoms with Crippen molar-refractivity contribution in [2.45, 2.75) is 36.9 Å². The van der Waals surface area contributed by atoms with Gasteiger partial charge in [0, 0.05) is 11.6 Å². The molecule has 28 heavy (non-hydrogen) atoms. The van der Waals surface area contributed by atoms with Crippen LogP contribution in [0, 0.1) is 0 Å². The Bertz CT molecular complexity index is 1000. The second-order valence-electron chi connectivity index (χ2n) is 6.74. The minimum atomic E-state index is -3.64. The van der Waals surface area contributed by atoms with Crippen LogP contribution in [0.2, 0.25) is 0 Å². The third-order valence-electron chi connectivity index (χ3n) is 4.43. The first kappa shape index (κ1) is 18.5. The monoisotopic (exact) mass is 400 g/mol. The largest absolute Gasteiger partial charge is 0.467 e. The predicted molar refractivity (Wildman–Crippen MR) is 101 cm³/mol. The number of carbonyl (C=O) groups is 1. The summed E-state index contributed by atoms with van der Waals surface area (Å²) in [5.74, 6) is 0.939. The van der Waals surface area contributed by atoms with Crippen LogP contribution in [0.3, 0.4) is 0 Å². The van der Waals surface area contributed by atoms with Crippen molar-refractivity contribution in [2.75, 3.05) is 0 Å². The first-order valence-corrected chi connectivity index (χ1v) is 10.5. The van der Waals surface area contributed by atoms with E-state index in [1.54, 1.807) is 53.8 Å². The van der Waals surface area contributed by atoms with Crippen molar-refractivity contribution in [3.8, 4) is 0 Å². The van der Waals surface area contributed by atoms with Crippen LogP contribution in [0.4, 0.5) is 0 Å². The molecule has 0 aliphatic heterocycles. The summed E-state index contributed by atoms with van der Waals surface area (Å²) in [4.78, 5) is 14.8. The third kappa shape index (κ3) is 4.35. The molecule has 0 atom stereocenters. The molecule has 4 rings (SSSR count). The van der Waals surface area contributed by atoms with E-state index >= 15 is 0 Å². The van der Waals surface area contributed by atoms with Gasteiger partial charge in [-0.15, -0.1) is 0 Å². The molecule has 146 valence electrons. The molecule has 1 aromatic carbocycles. The van der Waals surface area contributed by atoms with Crippen molar-refractivity contribution in [1.29, 1.82) is 0 Å². The van der Waals surface area contributed by atoms with Crippen molar-refractivity contribution >= 4 is 15.9 Å². The second kappa shape index (κ2) is 7.65. The number of rotatable bonds is 8. The standard InChI is InChI=1S/C20H20N2O5S/c23-20(15-4-1-7-19(12-15)28(24,25)21-16-8-9-16)22(13-17-5-2-10-26-17)14-18-6-3-11-27-18/h1-7,10-12,16,21H,8-9,13-14H2. The highest BCUT2D eigenvalue weighted by Crippen LogP contribution is 2.23. The molecule has 0 unspecified atom stereocenters. The lowest BCUT2D eigenvalue weighted by Gasteiger charge is -2.21. The zero-order valence-electron chi connectivity index (χ0n) is 15.1. The van der Waals surface area contributed by atoms with E-state index in [1.807, 2.05) is 0 Å². The van der Waals surface area contributed by atoms with Gasteiger partial charge in [0.05, 0.1) is 30.5 Å². The summed E-state index contributed by atoms with van der Waals surface area (Å²) in [6.45, 7) is 0.480. The van der Waals surface area contributed by atoms with Crippen molar-refractivity contribution < 1.29 is 22.0 Å². The molecule has 1 aliphatic rings. The number of hydrogen-bond donors (Lipinski definition) is 1. The highest BCUT2D eigenvalue weighted by molar-refractivity contribution is 7.89. The Morgan fingerprint density at radius 1 is 1.00 bits per heavy atom. The van der Waals surface area contributed by atoms with E-state index in [0.29, 0.717) is 11.5 Å². The minimum absolute atomic E-state index is 0.00115. The molecule has 1 N–H and O–H groups in total. The summed E-state index contributed by atoms with van der Waals surface area (Å²) < 4.78 is 38.3. The smallest absolute Gasteiger partial charge is 0.254 e. The highest BCUT2D eigenvalue weighted by Gasteiger charge is 2.28. The van der Waals surface area contributed by atoms with Crippen LogP contribution < -0.4 is 4.72 Å². The summed E-state index contributed by atoms with van der Waals surface area (Å²) in [6.07, 6.45) is 4.78. The topological polar surface area (TPSA) is 92.8 Å². The van der Waals surface area contributed by atoms with Gasteiger partial charge in [-0.05, 0) is 55.3 Å². The van der Waals surface area contributed by atoms with Crippen LogP contribution in [0.1, 0.15) is 34.7 Å². The van der Waals surface area contributed by atoms with Gasteiger partial charge in [-0.2, -0.15) is 0 Å². The van der Waals surface area contributed by atoms with Gasteiger partial charge < -0.3 is 13.7 Å². The van der Waals surface area contributed by atoms with Crippen LogP contribution in [0.15, 0.2) is 74.8 Å². The third-order valence-corrected chi connectivity index (χ3v) is 5.95. The van der Waals surface area contributed by atoms with Crippen molar-refractivity contribution in [2.24, 2.45) is 0 Å². The molecule has 2 aromatic heterocycles. The molecule has 2 heterocycles. The Morgan fingerprint density at radius 3 is 2.18 bits per heavy atom. The number of hydrogen-bond acceptors (Lipinski definition) is 5. The van der Waals surface area contributed by atoms with Crippen LogP contribution in [-0.2, 0) is 23.1 Å². The summed E-state index contributed by atoms with van der Waals surface area (Å²) in [5, 5.41) is 0. The lowest BCUT2D eigenvalue weighted by atomic mass is 10.2. The normalized spacial score (nSPS) is 14.1. The number of benzene rings is 1. The molecule has 3 aromatic rings. The minimum Gasteiger partial charge on any atom is -0.467 e. The van der Waals surface area contributed by atoms with Gasteiger partial charge >= 0.3 is 0 Å². The van der Waals surface area contributed by atoms with E-state index < -0.39 is 10.0 Å². The average Bonchev–Trinajstić information content (AvgIpc) is 3.13. The summed E-state index contributed by atoms with van der Waals surface area (Å²) in [5.41, 5.74) is 0.289. The van der Waals surface area contributed by atoms with E-state index in [9.17, 15) is 13.2 Å². The van der Waals surface area contributed by atoms with Crippen molar-refractivity contribution in [3.05, 3.63) is 78.1 Å². The zero-order valence-corrected chi connectivity index (χ0v) is 15.9. The lowest BCUT2D eigenvalue weighted by Crippen LogP contribution is -2.30. The van der Waals surface area contributed by atoms with Crippen LogP contribution in [0.5, 0.6) is 0 Å².